The number of hydrogen-bond donors (Lipinski definition) is 1. The topological polar surface area (TPSA) is 86.2 Å². The molecule has 0 amide bonds. The van der Waals surface area contributed by atoms with Crippen molar-refractivity contribution in [2.45, 2.75) is 0 Å². The number of aromatic nitrogens is 3. The lowest BCUT2D eigenvalue weighted by molar-refractivity contribution is 0.0597. The fourth-order valence-corrected chi connectivity index (χ4v) is 2.97. The average molecular weight is 394 g/mol. The third kappa shape index (κ3) is 3.18. The smallest absolute Gasteiger partial charge is 0.348 e. The normalized spacial score (nSPS) is 10.6. The lowest BCUT2D eigenvalue weighted by Gasteiger charge is -2.08. The van der Waals surface area contributed by atoms with E-state index in [1.807, 2.05) is 0 Å². The number of para-hydroxylation sites is 1. The molecule has 9 heteroatoms. The van der Waals surface area contributed by atoms with Crippen molar-refractivity contribution >= 4 is 29.2 Å². The van der Waals surface area contributed by atoms with Crippen molar-refractivity contribution < 1.29 is 14.3 Å². The molecule has 7 nitrogen and oxygen atoms in total. The largest absolute Gasteiger partial charge is 0.496 e. The minimum absolute atomic E-state index is 0.259. The van der Waals surface area contributed by atoms with Crippen molar-refractivity contribution in [1.29, 1.82) is 0 Å². The van der Waals surface area contributed by atoms with Gasteiger partial charge in [-0.3, -0.25) is 4.98 Å². The zero-order valence-corrected chi connectivity index (χ0v) is 15.3. The van der Waals surface area contributed by atoms with E-state index >= 15 is 0 Å². The molecule has 3 aromatic rings. The minimum atomic E-state index is -0.532. The highest BCUT2D eigenvalue weighted by molar-refractivity contribution is 6.37. The first kappa shape index (κ1) is 18.0. The lowest BCUT2D eigenvalue weighted by Crippen LogP contribution is -2.16. The van der Waals surface area contributed by atoms with E-state index in [1.54, 1.807) is 30.3 Å². The third-order valence-electron chi connectivity index (χ3n) is 3.65. The van der Waals surface area contributed by atoms with E-state index < -0.39 is 11.7 Å². The molecule has 0 aliphatic rings. The summed E-state index contributed by atoms with van der Waals surface area (Å²) in [5, 5.41) is 4.83. The Hall–Kier alpha value is -2.77. The number of rotatable bonds is 4. The van der Waals surface area contributed by atoms with Crippen molar-refractivity contribution in [3.05, 3.63) is 62.5 Å². The summed E-state index contributed by atoms with van der Waals surface area (Å²) in [6.45, 7) is 0. The van der Waals surface area contributed by atoms with Gasteiger partial charge in [-0.2, -0.15) is 4.68 Å². The quantitative estimate of drug-likeness (QED) is 0.686. The summed E-state index contributed by atoms with van der Waals surface area (Å²) < 4.78 is 11.0. The van der Waals surface area contributed by atoms with Gasteiger partial charge in [0.05, 0.1) is 24.3 Å². The number of benzene rings is 2. The molecular formula is C17H13Cl2N3O4. The van der Waals surface area contributed by atoms with Crippen LogP contribution in [0.4, 0.5) is 0 Å². The first-order valence-corrected chi connectivity index (χ1v) is 8.12. The Morgan fingerprint density at radius 1 is 1.15 bits per heavy atom. The molecule has 1 N–H and O–H groups in total. The van der Waals surface area contributed by atoms with Crippen molar-refractivity contribution in [2.75, 3.05) is 14.2 Å². The maximum atomic E-state index is 12.3. The first-order valence-electron chi connectivity index (χ1n) is 7.36. The number of H-pyrrole nitrogens is 1. The van der Waals surface area contributed by atoms with Crippen molar-refractivity contribution in [3.8, 4) is 22.8 Å². The molecule has 26 heavy (non-hydrogen) atoms. The highest BCUT2D eigenvalue weighted by Gasteiger charge is 2.18. The van der Waals surface area contributed by atoms with Crippen LogP contribution in [-0.4, -0.2) is 35.0 Å². The molecule has 0 saturated carbocycles. The second kappa shape index (κ2) is 7.23. The SMILES string of the molecule is COC(=O)c1ccc(-c2nn(-c3c(Cl)cccc3Cl)c(=O)[nH]2)cc1OC. The monoisotopic (exact) mass is 393 g/mol. The fraction of sp³-hybridized carbons (Fsp3) is 0.118. The molecule has 0 atom stereocenters. The molecular weight excluding hydrogens is 381 g/mol. The first-order chi connectivity index (χ1) is 12.5. The Bertz CT molecular complexity index is 1020. The van der Waals surface area contributed by atoms with Crippen LogP contribution in [0.1, 0.15) is 10.4 Å². The van der Waals surface area contributed by atoms with Crippen LogP contribution in [0.5, 0.6) is 5.75 Å². The van der Waals surface area contributed by atoms with Crippen molar-refractivity contribution in [3.63, 3.8) is 0 Å². The Morgan fingerprint density at radius 3 is 2.46 bits per heavy atom. The van der Waals surface area contributed by atoms with Crippen LogP contribution < -0.4 is 10.4 Å². The van der Waals surface area contributed by atoms with Gasteiger partial charge in [-0.05, 0) is 24.3 Å². The average Bonchev–Trinajstić information content (AvgIpc) is 3.02. The summed E-state index contributed by atoms with van der Waals surface area (Å²) >= 11 is 12.3. The molecule has 1 aromatic heterocycles. The van der Waals surface area contributed by atoms with Crippen LogP contribution in [0.2, 0.25) is 10.0 Å². The standard InChI is InChI=1S/C17H13Cl2N3O4/c1-25-13-8-9(6-7-10(13)16(23)26-2)15-20-17(24)22(21-15)14-11(18)4-3-5-12(14)19/h3-8H,1-2H3,(H,20,21,24). The molecule has 0 unspecified atom stereocenters. The molecule has 0 spiro atoms. The second-order valence-corrected chi connectivity index (χ2v) is 5.98. The van der Waals surface area contributed by atoms with Gasteiger partial charge in [-0.15, -0.1) is 5.10 Å². The van der Waals surface area contributed by atoms with Gasteiger partial charge in [-0.1, -0.05) is 35.3 Å². The molecule has 0 aliphatic heterocycles. The van der Waals surface area contributed by atoms with Crippen LogP contribution in [-0.2, 0) is 4.74 Å². The van der Waals surface area contributed by atoms with Crippen LogP contribution >= 0.6 is 23.2 Å². The number of nitrogens with one attached hydrogen (secondary N) is 1. The Labute approximate surface area is 158 Å². The molecule has 0 fully saturated rings. The van der Waals surface area contributed by atoms with E-state index in [1.165, 1.54) is 20.3 Å². The van der Waals surface area contributed by atoms with E-state index in [4.69, 9.17) is 32.7 Å². The number of methoxy groups -OCH3 is 2. The number of esters is 1. The predicted molar refractivity (Wildman–Crippen MR) is 97.5 cm³/mol. The van der Waals surface area contributed by atoms with Gasteiger partial charge in [0.15, 0.2) is 5.82 Å². The van der Waals surface area contributed by atoms with Gasteiger partial charge < -0.3 is 9.47 Å². The highest BCUT2D eigenvalue weighted by atomic mass is 35.5. The van der Waals surface area contributed by atoms with Crippen LogP contribution in [0.15, 0.2) is 41.2 Å². The Morgan fingerprint density at radius 2 is 1.85 bits per heavy atom. The molecule has 3 rings (SSSR count). The van der Waals surface area contributed by atoms with Crippen LogP contribution in [0.25, 0.3) is 17.1 Å². The molecule has 0 bridgehead atoms. The molecule has 0 radical (unpaired) electrons. The van der Waals surface area contributed by atoms with Crippen molar-refractivity contribution in [2.24, 2.45) is 0 Å². The highest BCUT2D eigenvalue weighted by Crippen LogP contribution is 2.29. The zero-order valence-electron chi connectivity index (χ0n) is 13.7. The van der Waals surface area contributed by atoms with Crippen LogP contribution in [0, 0.1) is 0 Å². The van der Waals surface area contributed by atoms with E-state index in [9.17, 15) is 9.59 Å². The number of carbonyl (C=O) groups excluding carboxylic acids is 1. The number of halogens is 2. The van der Waals surface area contributed by atoms with Crippen molar-refractivity contribution in [1.82, 2.24) is 14.8 Å². The summed E-state index contributed by atoms with van der Waals surface area (Å²) in [5.41, 5.74) is 0.565. The summed E-state index contributed by atoms with van der Waals surface area (Å²) in [7, 11) is 2.71. The minimum Gasteiger partial charge on any atom is -0.496 e. The van der Waals surface area contributed by atoms with E-state index in [0.717, 1.165) is 4.68 Å². The molecule has 0 aliphatic carbocycles. The van der Waals surface area contributed by atoms with Gasteiger partial charge in [0.25, 0.3) is 0 Å². The number of aromatic amines is 1. The zero-order chi connectivity index (χ0) is 18.8. The fourth-order valence-electron chi connectivity index (χ4n) is 2.41. The summed E-state index contributed by atoms with van der Waals surface area (Å²) in [6, 6.07) is 9.60. The van der Waals surface area contributed by atoms with Gasteiger partial charge in [0, 0.05) is 5.56 Å². The number of carbonyl (C=O) groups is 1. The maximum Gasteiger partial charge on any atom is 0.348 e. The van der Waals surface area contributed by atoms with Gasteiger partial charge >= 0.3 is 11.7 Å². The van der Waals surface area contributed by atoms with E-state index in [-0.39, 0.29) is 27.1 Å². The Kier molecular flexibility index (Phi) is 5.01. The molecule has 1 heterocycles. The van der Waals surface area contributed by atoms with Crippen LogP contribution in [0.3, 0.4) is 0 Å². The van der Waals surface area contributed by atoms with Gasteiger partial charge in [-0.25, -0.2) is 9.59 Å². The van der Waals surface area contributed by atoms with E-state index in [0.29, 0.717) is 11.3 Å². The number of ether oxygens (including phenoxy) is 2. The van der Waals surface area contributed by atoms with E-state index in [2.05, 4.69) is 10.1 Å². The third-order valence-corrected chi connectivity index (χ3v) is 4.26. The number of hydrogen-bond acceptors (Lipinski definition) is 5. The Balaban J connectivity index is 2.10. The van der Waals surface area contributed by atoms with Gasteiger partial charge in [0.2, 0.25) is 0 Å². The predicted octanol–water partition coefficient (Wildman–Crippen LogP) is 3.33. The summed E-state index contributed by atoms with van der Waals surface area (Å²) in [4.78, 5) is 26.7. The second-order valence-electron chi connectivity index (χ2n) is 5.17. The van der Waals surface area contributed by atoms with Gasteiger partial charge in [0.1, 0.15) is 17.0 Å². The molecule has 134 valence electrons. The molecule has 2 aromatic carbocycles. The summed E-state index contributed by atoms with van der Waals surface area (Å²) in [6.07, 6.45) is 0. The molecule has 0 saturated heterocycles. The maximum absolute atomic E-state index is 12.3. The lowest BCUT2D eigenvalue weighted by atomic mass is 10.1. The summed E-state index contributed by atoms with van der Waals surface area (Å²) in [5.74, 6) is 0.0245. The number of nitrogens with zero attached hydrogens (tertiary/aromatic N) is 2.